The van der Waals surface area contributed by atoms with Crippen molar-refractivity contribution in [2.75, 3.05) is 19.7 Å². The summed E-state index contributed by atoms with van der Waals surface area (Å²) in [5.41, 5.74) is 2.00. The van der Waals surface area contributed by atoms with Gasteiger partial charge in [-0.15, -0.1) is 0 Å². The SMILES string of the molecule is O=C(N[C@@H](Cc1ccccc1)[C@@H](O)C(=O)N1CCC(CO)CC1)c1cc2cc(Cl)ccc2[nH]1. The van der Waals surface area contributed by atoms with Crippen LogP contribution in [0.1, 0.15) is 28.9 Å². The molecule has 4 rings (SSSR count). The summed E-state index contributed by atoms with van der Waals surface area (Å²) in [7, 11) is 0. The van der Waals surface area contributed by atoms with Crippen molar-refractivity contribution < 1.29 is 19.8 Å². The number of aliphatic hydroxyl groups is 2. The van der Waals surface area contributed by atoms with Gasteiger partial charge in [0.05, 0.1) is 6.04 Å². The van der Waals surface area contributed by atoms with Crippen molar-refractivity contribution in [3.8, 4) is 0 Å². The molecule has 0 saturated carbocycles. The van der Waals surface area contributed by atoms with E-state index in [1.54, 1.807) is 29.2 Å². The number of aromatic amines is 1. The number of fused-ring (bicyclic) bond motifs is 1. The van der Waals surface area contributed by atoms with Gasteiger partial charge in [-0.2, -0.15) is 0 Å². The molecule has 2 aromatic carbocycles. The Labute approximate surface area is 197 Å². The molecule has 1 fully saturated rings. The van der Waals surface area contributed by atoms with Gasteiger partial charge in [0.15, 0.2) is 6.10 Å². The van der Waals surface area contributed by atoms with Gasteiger partial charge in [-0.05, 0) is 55.0 Å². The molecule has 1 aliphatic rings. The van der Waals surface area contributed by atoms with Crippen molar-refractivity contribution in [3.05, 3.63) is 70.9 Å². The van der Waals surface area contributed by atoms with E-state index in [4.69, 9.17) is 11.6 Å². The predicted octanol–water partition coefficient (Wildman–Crippen LogP) is 2.75. The molecular formula is C25H28ClN3O4. The molecular weight excluding hydrogens is 442 g/mol. The first-order chi connectivity index (χ1) is 15.9. The first-order valence-electron chi connectivity index (χ1n) is 11.2. The first-order valence-corrected chi connectivity index (χ1v) is 11.5. The number of hydrogen-bond donors (Lipinski definition) is 4. The number of H-pyrrole nitrogens is 1. The van der Waals surface area contributed by atoms with Gasteiger partial charge >= 0.3 is 0 Å². The molecule has 0 unspecified atom stereocenters. The monoisotopic (exact) mass is 469 g/mol. The van der Waals surface area contributed by atoms with E-state index < -0.39 is 24.0 Å². The third-order valence-corrected chi connectivity index (χ3v) is 6.50. The van der Waals surface area contributed by atoms with Gasteiger partial charge < -0.3 is 25.4 Å². The second-order valence-corrected chi connectivity index (χ2v) is 9.02. The Hall–Kier alpha value is -2.87. The Morgan fingerprint density at radius 1 is 1.12 bits per heavy atom. The van der Waals surface area contributed by atoms with E-state index in [2.05, 4.69) is 10.3 Å². The predicted molar refractivity (Wildman–Crippen MR) is 127 cm³/mol. The molecule has 7 nitrogen and oxygen atoms in total. The number of hydrogen-bond acceptors (Lipinski definition) is 4. The number of likely N-dealkylation sites (tertiary alicyclic amines) is 1. The average molecular weight is 470 g/mol. The van der Waals surface area contributed by atoms with Crippen LogP contribution in [0.4, 0.5) is 0 Å². The number of aliphatic hydroxyl groups excluding tert-OH is 2. The summed E-state index contributed by atoms with van der Waals surface area (Å²) < 4.78 is 0. The van der Waals surface area contributed by atoms with E-state index in [-0.39, 0.29) is 12.5 Å². The van der Waals surface area contributed by atoms with E-state index >= 15 is 0 Å². The van der Waals surface area contributed by atoms with Crippen LogP contribution in [-0.4, -0.2) is 63.8 Å². The van der Waals surface area contributed by atoms with Gasteiger partial charge in [-0.3, -0.25) is 9.59 Å². The van der Waals surface area contributed by atoms with Gasteiger partial charge in [-0.1, -0.05) is 41.9 Å². The summed E-state index contributed by atoms with van der Waals surface area (Å²) in [4.78, 5) is 30.8. The molecule has 0 aliphatic carbocycles. The van der Waals surface area contributed by atoms with Crippen LogP contribution in [0, 0.1) is 5.92 Å². The van der Waals surface area contributed by atoms with Crippen molar-refractivity contribution in [1.82, 2.24) is 15.2 Å². The van der Waals surface area contributed by atoms with Crippen molar-refractivity contribution in [1.29, 1.82) is 0 Å². The number of carbonyl (C=O) groups excluding carboxylic acids is 2. The molecule has 3 aromatic rings. The maximum atomic E-state index is 13.1. The van der Waals surface area contributed by atoms with Crippen LogP contribution in [0.3, 0.4) is 0 Å². The highest BCUT2D eigenvalue weighted by atomic mass is 35.5. The van der Waals surface area contributed by atoms with Crippen LogP contribution in [0.25, 0.3) is 10.9 Å². The van der Waals surface area contributed by atoms with Crippen LogP contribution < -0.4 is 5.32 Å². The number of benzene rings is 2. The smallest absolute Gasteiger partial charge is 0.268 e. The Kier molecular flexibility index (Phi) is 7.33. The normalized spacial score (nSPS) is 16.5. The van der Waals surface area contributed by atoms with Gasteiger partial charge in [0.1, 0.15) is 5.69 Å². The van der Waals surface area contributed by atoms with Crippen LogP contribution in [-0.2, 0) is 11.2 Å². The highest BCUT2D eigenvalue weighted by Crippen LogP contribution is 2.21. The van der Waals surface area contributed by atoms with E-state index in [0.717, 1.165) is 16.5 Å². The Morgan fingerprint density at radius 2 is 1.85 bits per heavy atom. The summed E-state index contributed by atoms with van der Waals surface area (Å²) in [6.07, 6.45) is 0.308. The van der Waals surface area contributed by atoms with E-state index in [9.17, 15) is 19.8 Å². The van der Waals surface area contributed by atoms with Crippen LogP contribution in [0.2, 0.25) is 5.02 Å². The minimum atomic E-state index is -1.39. The quantitative estimate of drug-likeness (QED) is 0.427. The molecule has 174 valence electrons. The number of rotatable bonds is 7. The fraction of sp³-hybridized carbons (Fsp3) is 0.360. The zero-order valence-corrected chi connectivity index (χ0v) is 19.0. The summed E-state index contributed by atoms with van der Waals surface area (Å²) in [6, 6.07) is 15.6. The Balaban J connectivity index is 1.52. The molecule has 4 N–H and O–H groups in total. The number of amides is 2. The zero-order chi connectivity index (χ0) is 23.4. The third kappa shape index (κ3) is 5.55. The molecule has 0 radical (unpaired) electrons. The maximum Gasteiger partial charge on any atom is 0.268 e. The van der Waals surface area contributed by atoms with Crippen LogP contribution >= 0.6 is 11.6 Å². The summed E-state index contributed by atoms with van der Waals surface area (Å²) in [5.74, 6) is -0.633. The molecule has 1 aliphatic heterocycles. The van der Waals surface area contributed by atoms with Gasteiger partial charge in [0.25, 0.3) is 11.8 Å². The van der Waals surface area contributed by atoms with Gasteiger partial charge in [0.2, 0.25) is 0 Å². The van der Waals surface area contributed by atoms with Crippen molar-refractivity contribution in [2.24, 2.45) is 5.92 Å². The second kappa shape index (κ2) is 10.4. The molecule has 33 heavy (non-hydrogen) atoms. The Morgan fingerprint density at radius 3 is 2.55 bits per heavy atom. The number of carbonyl (C=O) groups is 2. The molecule has 8 heteroatoms. The lowest BCUT2D eigenvalue weighted by atomic mass is 9.95. The number of halogens is 1. The molecule has 2 amide bonds. The molecule has 1 saturated heterocycles. The van der Waals surface area contributed by atoms with E-state index in [1.165, 1.54) is 0 Å². The second-order valence-electron chi connectivity index (χ2n) is 8.58. The molecule has 0 bridgehead atoms. The number of aromatic nitrogens is 1. The van der Waals surface area contributed by atoms with E-state index in [1.807, 2.05) is 30.3 Å². The zero-order valence-electron chi connectivity index (χ0n) is 18.2. The van der Waals surface area contributed by atoms with Gasteiger partial charge in [-0.25, -0.2) is 0 Å². The number of nitrogens with zero attached hydrogens (tertiary/aromatic N) is 1. The fourth-order valence-corrected chi connectivity index (χ4v) is 4.46. The third-order valence-electron chi connectivity index (χ3n) is 6.26. The first kappa shape index (κ1) is 23.3. The Bertz CT molecular complexity index is 1110. The summed E-state index contributed by atoms with van der Waals surface area (Å²) in [5, 5.41) is 24.6. The largest absolute Gasteiger partial charge is 0.396 e. The van der Waals surface area contributed by atoms with Crippen LogP contribution in [0.15, 0.2) is 54.6 Å². The number of nitrogens with one attached hydrogen (secondary N) is 2. The van der Waals surface area contributed by atoms with Crippen molar-refractivity contribution >= 4 is 34.3 Å². The van der Waals surface area contributed by atoms with Crippen molar-refractivity contribution in [3.63, 3.8) is 0 Å². The summed E-state index contributed by atoms with van der Waals surface area (Å²) >= 11 is 6.05. The minimum absolute atomic E-state index is 0.104. The average Bonchev–Trinajstić information content (AvgIpc) is 3.27. The van der Waals surface area contributed by atoms with Gasteiger partial charge in [0, 0.05) is 35.6 Å². The molecule has 1 aromatic heterocycles. The van der Waals surface area contributed by atoms with Crippen LogP contribution in [0.5, 0.6) is 0 Å². The van der Waals surface area contributed by atoms with E-state index in [0.29, 0.717) is 43.1 Å². The minimum Gasteiger partial charge on any atom is -0.396 e. The lowest BCUT2D eigenvalue weighted by molar-refractivity contribution is -0.143. The highest BCUT2D eigenvalue weighted by Gasteiger charge is 2.33. The summed E-state index contributed by atoms with van der Waals surface area (Å²) in [6.45, 7) is 1.07. The molecule has 0 spiro atoms. The molecule has 2 heterocycles. The topological polar surface area (TPSA) is 106 Å². The standard InChI is InChI=1S/C25H28ClN3O4/c26-19-6-7-20-18(13-19)14-22(27-20)24(32)28-21(12-16-4-2-1-3-5-16)23(31)25(33)29-10-8-17(15-30)9-11-29/h1-7,13-14,17,21,23,27,30-31H,8-12,15H2,(H,28,32)/t21-,23+/m0/s1. The molecule has 2 atom stereocenters. The lowest BCUT2D eigenvalue weighted by Crippen LogP contribution is -2.54. The number of piperidine rings is 1. The fourth-order valence-electron chi connectivity index (χ4n) is 4.28. The maximum absolute atomic E-state index is 13.1. The highest BCUT2D eigenvalue weighted by molar-refractivity contribution is 6.31. The lowest BCUT2D eigenvalue weighted by Gasteiger charge is -2.34. The van der Waals surface area contributed by atoms with Crippen molar-refractivity contribution in [2.45, 2.75) is 31.4 Å².